The molecule has 5 aromatic rings. The smallest absolute Gasteiger partial charge is 0.145 e. The standard InChI is InChI=1S/C25H16FNO2/c26-20-6-3-5-18(14-20)24-13-12-22(28-24)16-27-21-10-8-17(9-11-21)25-15-19-4-1-2-7-23(19)29-25/h1-16H. The first-order chi connectivity index (χ1) is 14.2. The van der Waals surface area contributed by atoms with Crippen LogP contribution in [0.4, 0.5) is 10.1 Å². The second-order valence-corrected chi connectivity index (χ2v) is 6.67. The van der Waals surface area contributed by atoms with Gasteiger partial charge in [-0.05, 0) is 60.7 Å². The lowest BCUT2D eigenvalue weighted by Crippen LogP contribution is -1.77. The van der Waals surface area contributed by atoms with Crippen LogP contribution < -0.4 is 0 Å². The van der Waals surface area contributed by atoms with Gasteiger partial charge < -0.3 is 8.83 Å². The van der Waals surface area contributed by atoms with Crippen molar-refractivity contribution in [3.63, 3.8) is 0 Å². The Labute approximate surface area is 166 Å². The molecule has 0 radical (unpaired) electrons. The van der Waals surface area contributed by atoms with E-state index in [1.165, 1.54) is 12.1 Å². The van der Waals surface area contributed by atoms with Crippen molar-refractivity contribution in [1.29, 1.82) is 0 Å². The summed E-state index contributed by atoms with van der Waals surface area (Å²) in [7, 11) is 0. The largest absolute Gasteiger partial charge is 0.456 e. The molecule has 0 bridgehead atoms. The van der Waals surface area contributed by atoms with Gasteiger partial charge >= 0.3 is 0 Å². The zero-order chi connectivity index (χ0) is 19.6. The maximum Gasteiger partial charge on any atom is 0.145 e. The lowest BCUT2D eigenvalue weighted by molar-refractivity contribution is 0.573. The molecule has 0 aliphatic heterocycles. The van der Waals surface area contributed by atoms with Gasteiger partial charge in [-0.2, -0.15) is 0 Å². The molecular formula is C25H16FNO2. The number of hydrogen-bond donors (Lipinski definition) is 0. The Hall–Kier alpha value is -3.92. The van der Waals surface area contributed by atoms with Crippen molar-refractivity contribution >= 4 is 22.9 Å². The van der Waals surface area contributed by atoms with E-state index < -0.39 is 0 Å². The number of rotatable bonds is 4. The first-order valence-corrected chi connectivity index (χ1v) is 9.23. The Morgan fingerprint density at radius 1 is 0.690 bits per heavy atom. The highest BCUT2D eigenvalue weighted by Gasteiger charge is 2.06. The lowest BCUT2D eigenvalue weighted by Gasteiger charge is -1.98. The maximum absolute atomic E-state index is 13.4. The number of benzene rings is 3. The van der Waals surface area contributed by atoms with Crippen molar-refractivity contribution < 1.29 is 13.2 Å². The minimum absolute atomic E-state index is 0.293. The zero-order valence-corrected chi connectivity index (χ0v) is 15.4. The minimum atomic E-state index is -0.293. The maximum atomic E-state index is 13.4. The Kier molecular flexibility index (Phi) is 4.30. The van der Waals surface area contributed by atoms with Crippen LogP contribution >= 0.6 is 0 Å². The number of para-hydroxylation sites is 1. The number of fused-ring (bicyclic) bond motifs is 1. The topological polar surface area (TPSA) is 38.6 Å². The van der Waals surface area contributed by atoms with Crippen LogP contribution in [-0.4, -0.2) is 6.21 Å². The average Bonchev–Trinajstić information content (AvgIpc) is 3.40. The molecule has 0 fully saturated rings. The van der Waals surface area contributed by atoms with Crippen LogP contribution in [0.15, 0.2) is 105 Å². The van der Waals surface area contributed by atoms with Crippen LogP contribution in [0.1, 0.15) is 5.76 Å². The summed E-state index contributed by atoms with van der Waals surface area (Å²) in [4.78, 5) is 4.46. The average molecular weight is 381 g/mol. The highest BCUT2D eigenvalue weighted by atomic mass is 19.1. The van der Waals surface area contributed by atoms with Crippen LogP contribution in [0.25, 0.3) is 33.6 Å². The van der Waals surface area contributed by atoms with E-state index in [9.17, 15) is 4.39 Å². The molecular weight excluding hydrogens is 365 g/mol. The molecule has 0 unspecified atom stereocenters. The van der Waals surface area contributed by atoms with Crippen molar-refractivity contribution in [2.45, 2.75) is 0 Å². The van der Waals surface area contributed by atoms with Crippen molar-refractivity contribution in [2.75, 3.05) is 0 Å². The van der Waals surface area contributed by atoms with Crippen LogP contribution in [0.3, 0.4) is 0 Å². The predicted molar refractivity (Wildman–Crippen MR) is 113 cm³/mol. The molecule has 0 amide bonds. The monoisotopic (exact) mass is 381 g/mol. The highest BCUT2D eigenvalue weighted by Crippen LogP contribution is 2.29. The molecule has 0 spiro atoms. The van der Waals surface area contributed by atoms with Crippen LogP contribution in [0.2, 0.25) is 0 Å². The highest BCUT2D eigenvalue weighted by molar-refractivity contribution is 5.83. The number of halogens is 1. The first-order valence-electron chi connectivity index (χ1n) is 9.23. The van der Waals surface area contributed by atoms with Crippen LogP contribution in [-0.2, 0) is 0 Å². The van der Waals surface area contributed by atoms with Gasteiger partial charge in [-0.3, -0.25) is 4.99 Å². The van der Waals surface area contributed by atoms with Crippen molar-refractivity contribution in [3.8, 4) is 22.6 Å². The summed E-state index contributed by atoms with van der Waals surface area (Å²) in [6.45, 7) is 0. The summed E-state index contributed by atoms with van der Waals surface area (Å²) in [5.41, 5.74) is 3.36. The van der Waals surface area contributed by atoms with E-state index in [1.807, 2.05) is 60.7 Å². The third kappa shape index (κ3) is 3.60. The Morgan fingerprint density at radius 3 is 2.38 bits per heavy atom. The molecule has 2 aromatic heterocycles. The molecule has 29 heavy (non-hydrogen) atoms. The third-order valence-corrected chi connectivity index (χ3v) is 4.65. The summed E-state index contributed by atoms with van der Waals surface area (Å²) in [6, 6.07) is 27.7. The Morgan fingerprint density at radius 2 is 1.55 bits per heavy atom. The van der Waals surface area contributed by atoms with Gasteiger partial charge in [-0.25, -0.2) is 4.39 Å². The second kappa shape index (κ2) is 7.24. The van der Waals surface area contributed by atoms with Gasteiger partial charge in [-0.1, -0.05) is 30.3 Å². The SMILES string of the molecule is Fc1cccc(-c2ccc(C=Nc3ccc(-c4cc5ccccc5o4)cc3)o2)c1. The fourth-order valence-corrected chi connectivity index (χ4v) is 3.19. The summed E-state index contributed by atoms with van der Waals surface area (Å²) in [5.74, 6) is 1.74. The fraction of sp³-hybridized carbons (Fsp3) is 0. The molecule has 4 heteroatoms. The van der Waals surface area contributed by atoms with Crippen molar-refractivity contribution in [3.05, 3.63) is 103 Å². The Balaban J connectivity index is 1.34. The van der Waals surface area contributed by atoms with E-state index in [0.29, 0.717) is 17.1 Å². The molecule has 0 aliphatic rings. The van der Waals surface area contributed by atoms with E-state index in [4.69, 9.17) is 8.83 Å². The number of aliphatic imine (C=N–C) groups is 1. The molecule has 3 aromatic carbocycles. The van der Waals surface area contributed by atoms with E-state index in [0.717, 1.165) is 28.0 Å². The zero-order valence-electron chi connectivity index (χ0n) is 15.4. The van der Waals surface area contributed by atoms with Gasteiger partial charge in [0.25, 0.3) is 0 Å². The summed E-state index contributed by atoms with van der Waals surface area (Å²) < 4.78 is 25.0. The number of hydrogen-bond acceptors (Lipinski definition) is 3. The van der Waals surface area contributed by atoms with Gasteiger partial charge in [0.05, 0.1) is 11.9 Å². The summed E-state index contributed by atoms with van der Waals surface area (Å²) in [6.07, 6.45) is 1.65. The van der Waals surface area contributed by atoms with Gasteiger partial charge in [0.1, 0.15) is 28.7 Å². The van der Waals surface area contributed by atoms with Crippen molar-refractivity contribution in [1.82, 2.24) is 0 Å². The van der Waals surface area contributed by atoms with Gasteiger partial charge in [-0.15, -0.1) is 0 Å². The van der Waals surface area contributed by atoms with E-state index in [1.54, 1.807) is 24.4 Å². The molecule has 0 N–H and O–H groups in total. The molecule has 5 rings (SSSR count). The summed E-state index contributed by atoms with van der Waals surface area (Å²) in [5, 5.41) is 1.08. The van der Waals surface area contributed by atoms with Gasteiger partial charge in [0.2, 0.25) is 0 Å². The third-order valence-electron chi connectivity index (χ3n) is 4.65. The minimum Gasteiger partial charge on any atom is -0.456 e. The van der Waals surface area contributed by atoms with Crippen molar-refractivity contribution in [2.24, 2.45) is 4.99 Å². The van der Waals surface area contributed by atoms with E-state index in [2.05, 4.69) is 4.99 Å². The lowest BCUT2D eigenvalue weighted by atomic mass is 10.1. The first kappa shape index (κ1) is 17.2. The normalized spacial score (nSPS) is 11.5. The predicted octanol–water partition coefficient (Wildman–Crippen LogP) is 7.25. The van der Waals surface area contributed by atoms with E-state index in [-0.39, 0.29) is 5.82 Å². The molecule has 0 saturated carbocycles. The molecule has 0 atom stereocenters. The molecule has 0 aliphatic carbocycles. The fourth-order valence-electron chi connectivity index (χ4n) is 3.19. The molecule has 2 heterocycles. The number of nitrogens with zero attached hydrogens (tertiary/aromatic N) is 1. The van der Waals surface area contributed by atoms with Crippen LogP contribution in [0, 0.1) is 5.82 Å². The van der Waals surface area contributed by atoms with Crippen LogP contribution in [0.5, 0.6) is 0 Å². The van der Waals surface area contributed by atoms with Gasteiger partial charge in [0.15, 0.2) is 0 Å². The quantitative estimate of drug-likeness (QED) is 0.308. The molecule has 140 valence electrons. The van der Waals surface area contributed by atoms with E-state index >= 15 is 0 Å². The second-order valence-electron chi connectivity index (χ2n) is 6.67. The Bertz CT molecular complexity index is 1280. The number of furan rings is 2. The van der Waals surface area contributed by atoms with Gasteiger partial charge in [0, 0.05) is 16.5 Å². The summed E-state index contributed by atoms with van der Waals surface area (Å²) >= 11 is 0. The molecule has 3 nitrogen and oxygen atoms in total. The molecule has 0 saturated heterocycles.